The van der Waals surface area contributed by atoms with Crippen LogP contribution in [0.2, 0.25) is 0 Å². The number of benzene rings is 4. The van der Waals surface area contributed by atoms with Crippen molar-refractivity contribution in [1.82, 2.24) is 24.1 Å². The number of nitrogens with zero attached hydrogens (tertiary/aromatic N) is 5. The zero-order valence-electron chi connectivity index (χ0n) is 36.1. The zero-order chi connectivity index (χ0) is 43.4. The van der Waals surface area contributed by atoms with Crippen molar-refractivity contribution in [2.75, 3.05) is 0 Å². The number of thiophene rings is 1. The second-order valence-electron chi connectivity index (χ2n) is 17.0. The molecule has 6 aromatic heterocycles. The average molecular weight is 1020 g/mol. The van der Waals surface area contributed by atoms with E-state index in [-0.39, 0.29) is 37.1 Å². The molecule has 0 bridgehead atoms. The van der Waals surface area contributed by atoms with Gasteiger partial charge in [-0.2, -0.15) is 12.1 Å². The van der Waals surface area contributed by atoms with Gasteiger partial charge in [0.1, 0.15) is 5.76 Å². The van der Waals surface area contributed by atoms with Crippen molar-refractivity contribution in [1.29, 1.82) is 0 Å². The van der Waals surface area contributed by atoms with Crippen LogP contribution in [0.15, 0.2) is 181 Å². The molecule has 7 nitrogen and oxygen atoms in total. The third-order valence-electron chi connectivity index (χ3n) is 10.6. The largest absolute Gasteiger partial charge is 0.512 e. The first-order chi connectivity index (χ1) is 29.9. The Morgan fingerprint density at radius 3 is 1.46 bits per heavy atom. The van der Waals surface area contributed by atoms with Gasteiger partial charge in [0.25, 0.3) is 0 Å². The van der Waals surface area contributed by atoms with Gasteiger partial charge in [-0.3, -0.25) is 14.8 Å². The van der Waals surface area contributed by atoms with Gasteiger partial charge in [0.2, 0.25) is 0 Å². The summed E-state index contributed by atoms with van der Waals surface area (Å²) in [5.74, 6) is 0.104. The molecule has 10 rings (SSSR count). The van der Waals surface area contributed by atoms with Crippen LogP contribution >= 0.6 is 11.3 Å². The van der Waals surface area contributed by atoms with Crippen LogP contribution in [0.4, 0.5) is 0 Å². The minimum Gasteiger partial charge on any atom is -0.512 e. The van der Waals surface area contributed by atoms with Gasteiger partial charge in [0.15, 0.2) is 5.78 Å². The Balaban J connectivity index is 0.000000196. The quantitative estimate of drug-likeness (QED) is 0.105. The molecule has 63 heavy (non-hydrogen) atoms. The zero-order valence-corrected chi connectivity index (χ0v) is 39.3. The third-order valence-corrected chi connectivity index (χ3v) is 11.4. The summed E-state index contributed by atoms with van der Waals surface area (Å²) < 4.78 is 4.59. The van der Waals surface area contributed by atoms with Crippen LogP contribution < -0.4 is 0 Å². The summed E-state index contributed by atoms with van der Waals surface area (Å²) in [4.78, 5) is 26.1. The standard InChI is InChI=1S/C34H22N4.C11H20O2.C9H6NS.Ir/c1-3-9-29-27(7-1)33-31(11-5-21-35-33)37(29)25-17-13-23(14-18-25)24-15-19-26(20-16-24)38-30-10-4-2-8-28(30)34-32(38)12-6-22-36-34;1-10(2,3)8(12)7-9(13)11(4,5)6;1-2-6-10-8(4-1)9-5-3-7-11-9;/h1-22H;7,12H,1-6H3;1-4,6-7H;/q;;-1;. The van der Waals surface area contributed by atoms with Gasteiger partial charge in [0, 0.05) is 77.7 Å². The summed E-state index contributed by atoms with van der Waals surface area (Å²) in [6.07, 6.45) is 6.85. The monoisotopic (exact) mass is 1020 g/mol. The van der Waals surface area contributed by atoms with Crippen molar-refractivity contribution in [3.63, 3.8) is 0 Å². The molecule has 6 heterocycles. The summed E-state index contributed by atoms with van der Waals surface area (Å²) in [7, 11) is 0. The SMILES string of the molecule is CC(C)(C)C(=O)C=C(O)C(C)(C)C.[Ir].[c-]1ccsc1-c1ccccn1.c1ccc2c(c1)c1ncccc1n2-c1ccc(-c2ccc(-n3c4ccccc4c4ncccc43)cc2)cc1. The second kappa shape index (κ2) is 18.8. The Kier molecular flexibility index (Phi) is 13.3. The van der Waals surface area contributed by atoms with Gasteiger partial charge in [-0.05, 0) is 83.6 Å². The number of ketones is 1. The van der Waals surface area contributed by atoms with Crippen LogP contribution in [0.3, 0.4) is 0 Å². The van der Waals surface area contributed by atoms with Crippen molar-refractivity contribution in [2.45, 2.75) is 41.5 Å². The maximum atomic E-state index is 11.5. The van der Waals surface area contributed by atoms with E-state index < -0.39 is 5.41 Å². The van der Waals surface area contributed by atoms with Crippen molar-refractivity contribution in [3.8, 4) is 33.1 Å². The van der Waals surface area contributed by atoms with E-state index >= 15 is 0 Å². The minimum atomic E-state index is -0.417. The molecule has 0 aliphatic carbocycles. The Labute approximate surface area is 385 Å². The number of aromatic nitrogens is 5. The van der Waals surface area contributed by atoms with Gasteiger partial charge < -0.3 is 19.2 Å². The molecule has 9 heteroatoms. The molecule has 0 fully saturated rings. The number of carbonyl (C=O) groups is 1. The number of allylic oxidation sites excluding steroid dienone is 2. The van der Waals surface area contributed by atoms with E-state index in [0.717, 1.165) is 44.0 Å². The smallest absolute Gasteiger partial charge is 0.164 e. The number of hydrogen-bond acceptors (Lipinski definition) is 6. The van der Waals surface area contributed by atoms with Crippen molar-refractivity contribution < 1.29 is 30.0 Å². The Morgan fingerprint density at radius 2 is 1.03 bits per heavy atom. The van der Waals surface area contributed by atoms with Gasteiger partial charge in [-0.1, -0.05) is 119 Å². The summed E-state index contributed by atoms with van der Waals surface area (Å²) in [6, 6.07) is 53.7. The van der Waals surface area contributed by atoms with E-state index in [1.165, 1.54) is 39.0 Å². The predicted molar refractivity (Wildman–Crippen MR) is 257 cm³/mol. The Hall–Kier alpha value is -6.51. The number of fused-ring (bicyclic) bond motifs is 6. The molecule has 1 radical (unpaired) electrons. The van der Waals surface area contributed by atoms with Crippen molar-refractivity contribution in [3.05, 3.63) is 187 Å². The molecule has 0 saturated carbocycles. The molecule has 0 saturated heterocycles. The Morgan fingerprint density at radius 1 is 0.571 bits per heavy atom. The van der Waals surface area contributed by atoms with Crippen LogP contribution in [-0.2, 0) is 24.9 Å². The van der Waals surface area contributed by atoms with Gasteiger partial charge >= 0.3 is 0 Å². The minimum absolute atomic E-state index is 0. The first-order valence-corrected chi connectivity index (χ1v) is 21.5. The van der Waals surface area contributed by atoms with Crippen LogP contribution in [0, 0.1) is 16.9 Å². The number of aliphatic hydroxyl groups excluding tert-OH is 1. The Bertz CT molecular complexity index is 2890. The van der Waals surface area contributed by atoms with Gasteiger partial charge in [-0.25, -0.2) is 11.3 Å². The van der Waals surface area contributed by atoms with E-state index in [1.807, 2.05) is 95.7 Å². The second-order valence-corrected chi connectivity index (χ2v) is 18.0. The molecule has 1 N–H and O–H groups in total. The van der Waals surface area contributed by atoms with Crippen LogP contribution in [0.1, 0.15) is 41.5 Å². The molecule has 0 aliphatic heterocycles. The molecular weight excluding hydrogens is 975 g/mol. The van der Waals surface area contributed by atoms with Crippen LogP contribution in [0.5, 0.6) is 0 Å². The first kappa shape index (κ1) is 44.5. The normalized spacial score (nSPS) is 11.7. The molecule has 4 aromatic carbocycles. The number of para-hydroxylation sites is 2. The van der Waals surface area contributed by atoms with E-state index in [1.54, 1.807) is 17.5 Å². The predicted octanol–water partition coefficient (Wildman–Crippen LogP) is 14.0. The number of carbonyl (C=O) groups excluding carboxylic acids is 1. The molecule has 0 aliphatic rings. The molecule has 317 valence electrons. The maximum Gasteiger partial charge on any atom is 0.164 e. The number of aliphatic hydroxyl groups is 1. The molecule has 0 atom stereocenters. The van der Waals surface area contributed by atoms with Gasteiger partial charge in [-0.15, -0.1) is 5.38 Å². The molecule has 0 unspecified atom stereocenters. The van der Waals surface area contributed by atoms with Crippen LogP contribution in [-0.4, -0.2) is 35.0 Å². The van der Waals surface area contributed by atoms with E-state index in [9.17, 15) is 9.90 Å². The number of pyridine rings is 3. The number of hydrogen-bond donors (Lipinski definition) is 1. The van der Waals surface area contributed by atoms with E-state index in [4.69, 9.17) is 0 Å². The molecule has 10 aromatic rings. The third kappa shape index (κ3) is 9.62. The molecule has 0 spiro atoms. The fourth-order valence-corrected chi connectivity index (χ4v) is 7.81. The molecule has 0 amide bonds. The summed E-state index contributed by atoms with van der Waals surface area (Å²) in [6.45, 7) is 11.1. The van der Waals surface area contributed by atoms with E-state index in [2.05, 4.69) is 139 Å². The van der Waals surface area contributed by atoms with Crippen molar-refractivity contribution >= 4 is 61.0 Å². The topological polar surface area (TPSA) is 85.8 Å². The summed E-state index contributed by atoms with van der Waals surface area (Å²) >= 11 is 1.66. The van der Waals surface area contributed by atoms with E-state index in [0.29, 0.717) is 0 Å². The maximum absolute atomic E-state index is 11.5. The first-order valence-electron chi connectivity index (χ1n) is 20.6. The fourth-order valence-electron chi connectivity index (χ4n) is 7.16. The van der Waals surface area contributed by atoms with Gasteiger partial charge in [0.05, 0.1) is 33.1 Å². The fraction of sp³-hybridized carbons (Fsp3) is 0.148. The molecular formula is C54H48IrN5O2S-. The number of rotatable bonds is 5. The van der Waals surface area contributed by atoms with Crippen LogP contribution in [0.25, 0.3) is 76.9 Å². The summed E-state index contributed by atoms with van der Waals surface area (Å²) in [5.41, 5.74) is 11.5. The average Bonchev–Trinajstić information content (AvgIpc) is 4.03. The van der Waals surface area contributed by atoms with Crippen molar-refractivity contribution in [2.24, 2.45) is 10.8 Å². The summed E-state index contributed by atoms with van der Waals surface area (Å²) in [5, 5.41) is 13.9.